The molecule has 25 heavy (non-hydrogen) atoms. The minimum atomic E-state index is -0.825. The number of nitrogens with two attached hydrogens (primary N) is 1. The standard InChI is InChI=1S/C18H24N4O3/c1-2-12-7-9-18(10-8-12)16(24)22(17(25)21-18)11-15(23)20-14-6-4-3-5-13(14)19/h3-6,12H,2,7-11,19H2,1H3,(H,20,23)(H,21,25). The van der Waals surface area contributed by atoms with Crippen molar-refractivity contribution < 1.29 is 14.4 Å². The van der Waals surface area contributed by atoms with Gasteiger partial charge in [0.1, 0.15) is 12.1 Å². The van der Waals surface area contributed by atoms with Crippen LogP contribution < -0.4 is 16.4 Å². The number of nitrogens with zero attached hydrogens (tertiary/aromatic N) is 1. The summed E-state index contributed by atoms with van der Waals surface area (Å²) in [4.78, 5) is 38.3. The highest BCUT2D eigenvalue weighted by molar-refractivity contribution is 6.10. The predicted octanol–water partition coefficient (Wildman–Crippen LogP) is 2.10. The first-order valence-electron chi connectivity index (χ1n) is 8.73. The molecule has 0 bridgehead atoms. The molecule has 4 amide bonds. The Hall–Kier alpha value is -2.57. The van der Waals surface area contributed by atoms with Crippen LogP contribution >= 0.6 is 0 Å². The Morgan fingerprint density at radius 2 is 2.00 bits per heavy atom. The van der Waals surface area contributed by atoms with Crippen LogP contribution in [0.15, 0.2) is 24.3 Å². The number of nitrogens with one attached hydrogen (secondary N) is 2. The first-order chi connectivity index (χ1) is 11.9. The van der Waals surface area contributed by atoms with Gasteiger partial charge in [0.05, 0.1) is 11.4 Å². The fourth-order valence-corrected chi connectivity index (χ4v) is 3.68. The number of benzene rings is 1. The van der Waals surface area contributed by atoms with E-state index in [4.69, 9.17) is 5.73 Å². The van der Waals surface area contributed by atoms with E-state index < -0.39 is 17.5 Å². The van der Waals surface area contributed by atoms with Crippen molar-refractivity contribution in [2.75, 3.05) is 17.6 Å². The molecule has 1 aliphatic carbocycles. The quantitative estimate of drug-likeness (QED) is 0.574. The van der Waals surface area contributed by atoms with Crippen LogP contribution in [0.25, 0.3) is 0 Å². The van der Waals surface area contributed by atoms with Crippen LogP contribution in [0.4, 0.5) is 16.2 Å². The summed E-state index contributed by atoms with van der Waals surface area (Å²) in [6, 6.07) is 6.37. The highest BCUT2D eigenvalue weighted by Gasteiger charge is 2.52. The Kier molecular flexibility index (Phi) is 4.65. The Morgan fingerprint density at radius 1 is 1.32 bits per heavy atom. The monoisotopic (exact) mass is 344 g/mol. The number of hydrogen-bond donors (Lipinski definition) is 3. The lowest BCUT2D eigenvalue weighted by Crippen LogP contribution is -2.49. The summed E-state index contributed by atoms with van der Waals surface area (Å²) in [7, 11) is 0. The van der Waals surface area contributed by atoms with Crippen molar-refractivity contribution in [3.63, 3.8) is 0 Å². The number of anilines is 2. The van der Waals surface area contributed by atoms with E-state index in [9.17, 15) is 14.4 Å². The van der Waals surface area contributed by atoms with E-state index in [1.54, 1.807) is 24.3 Å². The second-order valence-corrected chi connectivity index (χ2v) is 6.89. The van der Waals surface area contributed by atoms with Crippen molar-refractivity contribution in [2.24, 2.45) is 5.92 Å². The van der Waals surface area contributed by atoms with Gasteiger partial charge in [-0.05, 0) is 43.7 Å². The Morgan fingerprint density at radius 3 is 2.64 bits per heavy atom. The van der Waals surface area contributed by atoms with Crippen molar-refractivity contribution in [2.45, 2.75) is 44.6 Å². The zero-order chi connectivity index (χ0) is 18.0. The molecule has 3 rings (SSSR count). The van der Waals surface area contributed by atoms with Gasteiger partial charge in [-0.15, -0.1) is 0 Å². The summed E-state index contributed by atoms with van der Waals surface area (Å²) < 4.78 is 0. The fraction of sp³-hybridized carbons (Fsp3) is 0.500. The first kappa shape index (κ1) is 17.3. The van der Waals surface area contributed by atoms with Gasteiger partial charge < -0.3 is 16.4 Å². The molecule has 7 heteroatoms. The average Bonchev–Trinajstić information content (AvgIpc) is 2.82. The molecule has 1 saturated heterocycles. The highest BCUT2D eigenvalue weighted by Crippen LogP contribution is 2.37. The van der Waals surface area contributed by atoms with E-state index in [-0.39, 0.29) is 12.5 Å². The van der Waals surface area contributed by atoms with Gasteiger partial charge in [-0.25, -0.2) is 4.79 Å². The molecule has 2 fully saturated rings. The van der Waals surface area contributed by atoms with E-state index in [2.05, 4.69) is 17.6 Å². The van der Waals surface area contributed by atoms with E-state index >= 15 is 0 Å². The molecule has 4 N–H and O–H groups in total. The van der Waals surface area contributed by atoms with E-state index in [0.717, 1.165) is 24.2 Å². The lowest BCUT2D eigenvalue weighted by Gasteiger charge is -2.34. The molecule has 1 heterocycles. The van der Waals surface area contributed by atoms with Crippen molar-refractivity contribution in [3.05, 3.63) is 24.3 Å². The third-order valence-electron chi connectivity index (χ3n) is 5.32. The molecule has 7 nitrogen and oxygen atoms in total. The molecule has 1 spiro atoms. The summed E-state index contributed by atoms with van der Waals surface area (Å²) >= 11 is 0. The molecule has 0 aromatic heterocycles. The van der Waals surface area contributed by atoms with Gasteiger partial charge in [0.15, 0.2) is 0 Å². The second-order valence-electron chi connectivity index (χ2n) is 6.89. The summed E-state index contributed by atoms with van der Waals surface area (Å²) in [5, 5.41) is 5.48. The van der Waals surface area contributed by atoms with Crippen LogP contribution in [-0.4, -0.2) is 34.8 Å². The van der Waals surface area contributed by atoms with Crippen molar-refractivity contribution in [1.82, 2.24) is 10.2 Å². The molecule has 0 unspecified atom stereocenters. The third kappa shape index (κ3) is 3.31. The molecule has 1 aliphatic heterocycles. The molecule has 134 valence electrons. The molecule has 2 aliphatic rings. The molecule has 0 radical (unpaired) electrons. The number of hydrogen-bond acceptors (Lipinski definition) is 4. The molecule has 1 aromatic rings. The number of carbonyl (C=O) groups is 3. The Balaban J connectivity index is 1.65. The number of para-hydroxylation sites is 2. The van der Waals surface area contributed by atoms with Gasteiger partial charge in [0, 0.05) is 0 Å². The largest absolute Gasteiger partial charge is 0.397 e. The Bertz CT molecular complexity index is 695. The van der Waals surface area contributed by atoms with Gasteiger partial charge in [0.25, 0.3) is 5.91 Å². The maximum atomic E-state index is 12.8. The lowest BCUT2D eigenvalue weighted by atomic mass is 9.75. The number of nitrogen functional groups attached to an aromatic ring is 1. The van der Waals surface area contributed by atoms with Crippen LogP contribution in [0, 0.1) is 5.92 Å². The number of carbonyl (C=O) groups excluding carboxylic acids is 3. The molecule has 1 aromatic carbocycles. The average molecular weight is 344 g/mol. The van der Waals surface area contributed by atoms with Crippen LogP contribution in [0.1, 0.15) is 39.0 Å². The zero-order valence-electron chi connectivity index (χ0n) is 14.4. The molecule has 0 atom stereocenters. The van der Waals surface area contributed by atoms with Crippen LogP contribution in [0.2, 0.25) is 0 Å². The van der Waals surface area contributed by atoms with Crippen LogP contribution in [-0.2, 0) is 9.59 Å². The summed E-state index contributed by atoms with van der Waals surface area (Å²) in [6.07, 6.45) is 4.20. The highest BCUT2D eigenvalue weighted by atomic mass is 16.2. The van der Waals surface area contributed by atoms with Crippen molar-refractivity contribution in [3.8, 4) is 0 Å². The van der Waals surface area contributed by atoms with Crippen molar-refractivity contribution in [1.29, 1.82) is 0 Å². The molecular formula is C18H24N4O3. The van der Waals surface area contributed by atoms with Crippen molar-refractivity contribution >= 4 is 29.2 Å². The molecular weight excluding hydrogens is 320 g/mol. The van der Waals surface area contributed by atoms with Gasteiger partial charge in [-0.1, -0.05) is 25.5 Å². The van der Waals surface area contributed by atoms with Gasteiger partial charge in [0.2, 0.25) is 5.91 Å². The number of urea groups is 1. The van der Waals surface area contributed by atoms with Gasteiger partial charge >= 0.3 is 6.03 Å². The predicted molar refractivity (Wildman–Crippen MR) is 94.7 cm³/mol. The summed E-state index contributed by atoms with van der Waals surface area (Å²) in [5.41, 5.74) is 5.87. The smallest absolute Gasteiger partial charge is 0.325 e. The SMILES string of the molecule is CCC1CCC2(CC1)NC(=O)N(CC(=O)Nc1ccccc1N)C2=O. The van der Waals surface area contributed by atoms with E-state index in [0.29, 0.717) is 30.1 Å². The molecule has 1 saturated carbocycles. The number of amides is 4. The van der Waals surface area contributed by atoms with Crippen LogP contribution in [0.5, 0.6) is 0 Å². The lowest BCUT2D eigenvalue weighted by molar-refractivity contribution is -0.135. The second kappa shape index (κ2) is 6.74. The zero-order valence-corrected chi connectivity index (χ0v) is 14.4. The maximum Gasteiger partial charge on any atom is 0.325 e. The summed E-state index contributed by atoms with van der Waals surface area (Å²) in [5.74, 6) is -0.127. The first-order valence-corrected chi connectivity index (χ1v) is 8.73. The topological polar surface area (TPSA) is 105 Å². The normalized spacial score (nSPS) is 26.0. The maximum absolute atomic E-state index is 12.8. The minimum Gasteiger partial charge on any atom is -0.397 e. The van der Waals surface area contributed by atoms with Crippen LogP contribution in [0.3, 0.4) is 0 Å². The van der Waals surface area contributed by atoms with E-state index in [1.807, 2.05) is 0 Å². The summed E-state index contributed by atoms with van der Waals surface area (Å²) in [6.45, 7) is 1.83. The van der Waals surface area contributed by atoms with Gasteiger partial charge in [-0.2, -0.15) is 0 Å². The van der Waals surface area contributed by atoms with Gasteiger partial charge in [-0.3, -0.25) is 14.5 Å². The fourth-order valence-electron chi connectivity index (χ4n) is 3.68. The Labute approximate surface area is 146 Å². The third-order valence-corrected chi connectivity index (χ3v) is 5.32. The van der Waals surface area contributed by atoms with E-state index in [1.165, 1.54) is 0 Å². The number of imide groups is 1. The number of rotatable bonds is 4. The minimum absolute atomic E-state index is 0.289.